The molecule has 0 amide bonds. The van der Waals surface area contributed by atoms with Crippen molar-refractivity contribution in [1.29, 1.82) is 0 Å². The van der Waals surface area contributed by atoms with E-state index in [1.807, 2.05) is 24.3 Å². The lowest BCUT2D eigenvalue weighted by Crippen LogP contribution is -1.90. The topological polar surface area (TPSA) is 17.1 Å². The molecule has 0 aliphatic rings. The molecule has 0 saturated heterocycles. The highest BCUT2D eigenvalue weighted by molar-refractivity contribution is 7.13. The maximum absolute atomic E-state index is 11.1. The summed E-state index contributed by atoms with van der Waals surface area (Å²) in [6, 6.07) is 10.1. The van der Waals surface area contributed by atoms with E-state index in [0.717, 1.165) is 23.8 Å². The van der Waals surface area contributed by atoms with Gasteiger partial charge in [-0.25, -0.2) is 0 Å². The lowest BCUT2D eigenvalue weighted by atomic mass is 10.0. The van der Waals surface area contributed by atoms with Gasteiger partial charge in [-0.05, 0) is 29.9 Å². The van der Waals surface area contributed by atoms with Gasteiger partial charge in [0.15, 0.2) is 6.29 Å². The molecule has 1 aromatic heterocycles. The summed E-state index contributed by atoms with van der Waals surface area (Å²) in [5, 5.41) is 2.13. The first-order chi connectivity index (χ1) is 9.36. The van der Waals surface area contributed by atoms with Crippen molar-refractivity contribution < 1.29 is 4.79 Å². The number of aryl methyl sites for hydroxylation is 1. The van der Waals surface area contributed by atoms with Gasteiger partial charge in [-0.15, -0.1) is 11.3 Å². The summed E-state index contributed by atoms with van der Waals surface area (Å²) in [5.74, 6) is 0. The van der Waals surface area contributed by atoms with E-state index in [4.69, 9.17) is 0 Å². The SMILES string of the molecule is CCCCCCc1ccsc1-c1ccccc1C=O. The van der Waals surface area contributed by atoms with E-state index in [-0.39, 0.29) is 0 Å². The van der Waals surface area contributed by atoms with E-state index < -0.39 is 0 Å². The average molecular weight is 272 g/mol. The number of aldehydes is 1. The fraction of sp³-hybridized carbons (Fsp3) is 0.353. The van der Waals surface area contributed by atoms with Crippen LogP contribution in [0.4, 0.5) is 0 Å². The second-order valence-corrected chi connectivity index (χ2v) is 5.71. The maximum Gasteiger partial charge on any atom is 0.150 e. The molecule has 100 valence electrons. The number of carbonyl (C=O) groups excluding carboxylic acids is 1. The Balaban J connectivity index is 2.16. The van der Waals surface area contributed by atoms with Crippen molar-refractivity contribution in [2.24, 2.45) is 0 Å². The third-order valence-corrected chi connectivity index (χ3v) is 4.37. The van der Waals surface area contributed by atoms with Crippen molar-refractivity contribution in [1.82, 2.24) is 0 Å². The number of rotatable bonds is 7. The molecule has 1 heterocycles. The first-order valence-electron chi connectivity index (χ1n) is 6.97. The molecule has 0 atom stereocenters. The number of benzene rings is 1. The summed E-state index contributed by atoms with van der Waals surface area (Å²) in [6.07, 6.45) is 7.18. The molecule has 0 bridgehead atoms. The van der Waals surface area contributed by atoms with Gasteiger partial charge in [0, 0.05) is 16.0 Å². The molecular formula is C17H20OS. The summed E-state index contributed by atoms with van der Waals surface area (Å²) in [6.45, 7) is 2.23. The number of unbranched alkanes of at least 4 members (excludes halogenated alkanes) is 3. The van der Waals surface area contributed by atoms with E-state index in [2.05, 4.69) is 18.4 Å². The third kappa shape index (κ3) is 3.54. The monoisotopic (exact) mass is 272 g/mol. The van der Waals surface area contributed by atoms with Gasteiger partial charge in [-0.3, -0.25) is 4.79 Å². The van der Waals surface area contributed by atoms with Crippen LogP contribution in [0.1, 0.15) is 48.5 Å². The molecule has 2 rings (SSSR count). The van der Waals surface area contributed by atoms with Gasteiger partial charge in [0.2, 0.25) is 0 Å². The van der Waals surface area contributed by atoms with Gasteiger partial charge in [0.1, 0.15) is 0 Å². The molecule has 0 saturated carbocycles. The van der Waals surface area contributed by atoms with Gasteiger partial charge in [0.25, 0.3) is 0 Å². The van der Waals surface area contributed by atoms with Gasteiger partial charge in [-0.2, -0.15) is 0 Å². The van der Waals surface area contributed by atoms with E-state index in [1.54, 1.807) is 11.3 Å². The van der Waals surface area contributed by atoms with Crippen molar-refractivity contribution >= 4 is 17.6 Å². The predicted octanol–water partition coefficient (Wildman–Crippen LogP) is 5.35. The minimum atomic E-state index is 0.791. The number of carbonyl (C=O) groups is 1. The molecule has 0 aliphatic carbocycles. The summed E-state index contributed by atoms with van der Waals surface area (Å²) >= 11 is 1.74. The van der Waals surface area contributed by atoms with E-state index in [9.17, 15) is 4.79 Å². The highest BCUT2D eigenvalue weighted by atomic mass is 32.1. The molecule has 19 heavy (non-hydrogen) atoms. The van der Waals surface area contributed by atoms with Gasteiger partial charge < -0.3 is 0 Å². The van der Waals surface area contributed by atoms with Crippen molar-refractivity contribution in [3.63, 3.8) is 0 Å². The Hall–Kier alpha value is -1.41. The molecule has 0 fully saturated rings. The normalized spacial score (nSPS) is 10.6. The minimum absolute atomic E-state index is 0.791. The Morgan fingerprint density at radius 3 is 2.74 bits per heavy atom. The van der Waals surface area contributed by atoms with Crippen LogP contribution >= 0.6 is 11.3 Å². The van der Waals surface area contributed by atoms with Gasteiger partial charge in [-0.1, -0.05) is 50.5 Å². The summed E-state index contributed by atoms with van der Waals surface area (Å²) < 4.78 is 0. The molecule has 0 N–H and O–H groups in total. The quantitative estimate of drug-likeness (QED) is 0.490. The largest absolute Gasteiger partial charge is 0.298 e. The Kier molecular flexibility index (Phi) is 5.34. The van der Waals surface area contributed by atoms with Crippen LogP contribution in [-0.2, 0) is 6.42 Å². The standard InChI is InChI=1S/C17H20OS/c1-2-3-4-5-8-14-11-12-19-17(14)16-10-7-6-9-15(16)13-18/h6-7,9-13H,2-5,8H2,1H3. The highest BCUT2D eigenvalue weighted by Gasteiger charge is 2.10. The third-order valence-electron chi connectivity index (χ3n) is 3.38. The van der Waals surface area contributed by atoms with E-state index >= 15 is 0 Å². The van der Waals surface area contributed by atoms with Crippen molar-refractivity contribution in [2.45, 2.75) is 39.0 Å². The van der Waals surface area contributed by atoms with E-state index in [1.165, 1.54) is 36.1 Å². The van der Waals surface area contributed by atoms with E-state index in [0.29, 0.717) is 0 Å². The molecule has 1 aromatic carbocycles. The number of hydrogen-bond acceptors (Lipinski definition) is 2. The van der Waals surface area contributed by atoms with Crippen LogP contribution in [0.15, 0.2) is 35.7 Å². The van der Waals surface area contributed by atoms with Crippen LogP contribution in [0.2, 0.25) is 0 Å². The van der Waals surface area contributed by atoms with Gasteiger partial charge >= 0.3 is 0 Å². The fourth-order valence-electron chi connectivity index (χ4n) is 2.32. The molecule has 2 heteroatoms. The lowest BCUT2D eigenvalue weighted by Gasteiger charge is -2.06. The zero-order valence-electron chi connectivity index (χ0n) is 11.4. The molecule has 1 nitrogen and oxygen atoms in total. The molecule has 0 aliphatic heterocycles. The van der Waals surface area contributed by atoms with Gasteiger partial charge in [0.05, 0.1) is 0 Å². The second-order valence-electron chi connectivity index (χ2n) is 4.79. The molecule has 0 unspecified atom stereocenters. The molecule has 2 aromatic rings. The van der Waals surface area contributed by atoms with Crippen LogP contribution in [0.3, 0.4) is 0 Å². The van der Waals surface area contributed by atoms with Crippen molar-refractivity contribution in [3.8, 4) is 10.4 Å². The van der Waals surface area contributed by atoms with Crippen LogP contribution in [-0.4, -0.2) is 6.29 Å². The zero-order valence-corrected chi connectivity index (χ0v) is 12.2. The number of thiophene rings is 1. The number of hydrogen-bond donors (Lipinski definition) is 0. The Morgan fingerprint density at radius 2 is 1.95 bits per heavy atom. The first kappa shape index (κ1) is 14.0. The van der Waals surface area contributed by atoms with Crippen LogP contribution < -0.4 is 0 Å². The lowest BCUT2D eigenvalue weighted by molar-refractivity contribution is 0.112. The van der Waals surface area contributed by atoms with Crippen LogP contribution in [0.5, 0.6) is 0 Å². The predicted molar refractivity (Wildman–Crippen MR) is 83.0 cm³/mol. The first-order valence-corrected chi connectivity index (χ1v) is 7.85. The average Bonchev–Trinajstić information content (AvgIpc) is 2.92. The Bertz CT molecular complexity index is 528. The van der Waals surface area contributed by atoms with Crippen molar-refractivity contribution in [2.75, 3.05) is 0 Å². The molecule has 0 radical (unpaired) electrons. The summed E-state index contributed by atoms with van der Waals surface area (Å²) in [7, 11) is 0. The summed E-state index contributed by atoms with van der Waals surface area (Å²) in [5.41, 5.74) is 3.26. The maximum atomic E-state index is 11.1. The second kappa shape index (κ2) is 7.25. The molecular weight excluding hydrogens is 252 g/mol. The zero-order chi connectivity index (χ0) is 13.5. The fourth-order valence-corrected chi connectivity index (χ4v) is 3.32. The van der Waals surface area contributed by atoms with Crippen molar-refractivity contribution in [3.05, 3.63) is 46.8 Å². The minimum Gasteiger partial charge on any atom is -0.298 e. The highest BCUT2D eigenvalue weighted by Crippen LogP contribution is 2.32. The smallest absolute Gasteiger partial charge is 0.150 e. The Morgan fingerprint density at radius 1 is 1.11 bits per heavy atom. The van der Waals surface area contributed by atoms with Crippen LogP contribution in [0, 0.1) is 0 Å². The molecule has 0 spiro atoms. The summed E-state index contributed by atoms with van der Waals surface area (Å²) in [4.78, 5) is 12.4. The Labute approximate surface area is 119 Å². The van der Waals surface area contributed by atoms with Crippen LogP contribution in [0.25, 0.3) is 10.4 Å².